The van der Waals surface area contributed by atoms with E-state index >= 15 is 0 Å². The van der Waals surface area contributed by atoms with Gasteiger partial charge < -0.3 is 10.1 Å². The molecule has 2 nitrogen and oxygen atoms in total. The second kappa shape index (κ2) is 6.65. The van der Waals surface area contributed by atoms with E-state index in [1.165, 1.54) is 6.42 Å². The van der Waals surface area contributed by atoms with Gasteiger partial charge in [-0.3, -0.25) is 0 Å². The second-order valence-electron chi connectivity index (χ2n) is 2.68. The van der Waals surface area contributed by atoms with Crippen LogP contribution in [-0.2, 0) is 4.74 Å². The van der Waals surface area contributed by atoms with Crippen molar-refractivity contribution in [2.24, 2.45) is 5.92 Å². The zero-order valence-electron chi connectivity index (χ0n) is 6.71. The lowest BCUT2D eigenvalue weighted by molar-refractivity contribution is 0.129. The van der Waals surface area contributed by atoms with E-state index < -0.39 is 0 Å². The first-order chi connectivity index (χ1) is 4.93. The van der Waals surface area contributed by atoms with E-state index in [2.05, 4.69) is 11.9 Å². The Hall–Kier alpha value is -0.0500. The van der Waals surface area contributed by atoms with Gasteiger partial charge in [-0.15, -0.1) is 19.0 Å². The minimum atomic E-state index is 0. The van der Waals surface area contributed by atoms with Crippen LogP contribution >= 0.6 is 12.4 Å². The molecule has 1 atom stereocenters. The van der Waals surface area contributed by atoms with Crippen molar-refractivity contribution in [1.29, 1.82) is 0 Å². The van der Waals surface area contributed by atoms with Crippen LogP contribution in [0.15, 0.2) is 12.7 Å². The van der Waals surface area contributed by atoms with E-state index in [0.29, 0.717) is 6.61 Å². The molecular weight excluding hydrogens is 162 g/mol. The highest BCUT2D eigenvalue weighted by atomic mass is 35.5. The molecule has 0 aromatic rings. The first-order valence-corrected chi connectivity index (χ1v) is 3.83. The number of ether oxygens (including phenoxy) is 1. The molecule has 0 amide bonds. The van der Waals surface area contributed by atoms with Gasteiger partial charge in [-0.1, -0.05) is 6.08 Å². The molecule has 1 aliphatic rings. The smallest absolute Gasteiger partial charge is 0.0644 e. The Balaban J connectivity index is 0.000001000. The SMILES string of the molecule is C=CCOCC1CCNC1.Cl. The first kappa shape index (κ1) is 11.0. The van der Waals surface area contributed by atoms with Crippen molar-refractivity contribution in [2.45, 2.75) is 6.42 Å². The number of nitrogens with one attached hydrogen (secondary N) is 1. The molecule has 0 aliphatic carbocycles. The van der Waals surface area contributed by atoms with Crippen molar-refractivity contribution in [2.75, 3.05) is 26.3 Å². The van der Waals surface area contributed by atoms with Crippen molar-refractivity contribution >= 4 is 12.4 Å². The summed E-state index contributed by atoms with van der Waals surface area (Å²) in [6.45, 7) is 7.44. The standard InChI is InChI=1S/C8H15NO.ClH/c1-2-5-10-7-8-3-4-9-6-8;/h2,8-9H,1,3-7H2;1H. The van der Waals surface area contributed by atoms with Gasteiger partial charge in [0.25, 0.3) is 0 Å². The van der Waals surface area contributed by atoms with Gasteiger partial charge in [0.05, 0.1) is 13.2 Å². The van der Waals surface area contributed by atoms with Crippen molar-refractivity contribution < 1.29 is 4.74 Å². The predicted octanol–water partition coefficient (Wildman–Crippen LogP) is 1.22. The van der Waals surface area contributed by atoms with Crippen molar-refractivity contribution in [1.82, 2.24) is 5.32 Å². The molecule has 0 aromatic carbocycles. The summed E-state index contributed by atoms with van der Waals surface area (Å²) >= 11 is 0. The summed E-state index contributed by atoms with van der Waals surface area (Å²) in [6.07, 6.45) is 3.06. The number of hydrogen-bond donors (Lipinski definition) is 1. The molecule has 0 bridgehead atoms. The third-order valence-corrected chi connectivity index (χ3v) is 1.75. The van der Waals surface area contributed by atoms with Crippen LogP contribution in [0.2, 0.25) is 0 Å². The fraction of sp³-hybridized carbons (Fsp3) is 0.750. The number of halogens is 1. The molecule has 1 unspecified atom stereocenters. The monoisotopic (exact) mass is 177 g/mol. The zero-order chi connectivity index (χ0) is 7.23. The molecule has 1 rings (SSSR count). The summed E-state index contributed by atoms with van der Waals surface area (Å²) in [7, 11) is 0. The van der Waals surface area contributed by atoms with Gasteiger partial charge in [0, 0.05) is 6.54 Å². The molecule has 0 aromatic heterocycles. The maximum Gasteiger partial charge on any atom is 0.0644 e. The average molecular weight is 178 g/mol. The minimum Gasteiger partial charge on any atom is -0.377 e. The van der Waals surface area contributed by atoms with Crippen LogP contribution in [0, 0.1) is 5.92 Å². The Labute approximate surface area is 74.4 Å². The molecule has 11 heavy (non-hydrogen) atoms. The third kappa shape index (κ3) is 4.40. The Bertz CT molecular complexity index is 102. The Morgan fingerprint density at radius 1 is 1.64 bits per heavy atom. The highest BCUT2D eigenvalue weighted by Gasteiger charge is 2.13. The molecule has 66 valence electrons. The molecule has 0 radical (unpaired) electrons. The normalized spacial score (nSPS) is 22.7. The van der Waals surface area contributed by atoms with Crippen LogP contribution in [0.25, 0.3) is 0 Å². The van der Waals surface area contributed by atoms with Gasteiger partial charge in [-0.05, 0) is 18.9 Å². The molecular formula is C8H16ClNO. The lowest BCUT2D eigenvalue weighted by atomic mass is 10.1. The van der Waals surface area contributed by atoms with Crippen LogP contribution in [0.1, 0.15) is 6.42 Å². The second-order valence-corrected chi connectivity index (χ2v) is 2.68. The zero-order valence-corrected chi connectivity index (χ0v) is 7.53. The van der Waals surface area contributed by atoms with E-state index in [-0.39, 0.29) is 12.4 Å². The molecule has 3 heteroatoms. The summed E-state index contributed by atoms with van der Waals surface area (Å²) in [6, 6.07) is 0. The molecule has 0 spiro atoms. The van der Waals surface area contributed by atoms with E-state index in [1.54, 1.807) is 6.08 Å². The molecule has 1 heterocycles. The van der Waals surface area contributed by atoms with Gasteiger partial charge in [0.15, 0.2) is 0 Å². The van der Waals surface area contributed by atoms with Crippen molar-refractivity contribution in [3.05, 3.63) is 12.7 Å². The van der Waals surface area contributed by atoms with Gasteiger partial charge in [0.1, 0.15) is 0 Å². The van der Waals surface area contributed by atoms with Crippen LogP contribution in [0.5, 0.6) is 0 Å². The maximum atomic E-state index is 5.31. The van der Waals surface area contributed by atoms with Gasteiger partial charge in [-0.2, -0.15) is 0 Å². The van der Waals surface area contributed by atoms with Crippen LogP contribution in [0.4, 0.5) is 0 Å². The highest BCUT2D eigenvalue weighted by molar-refractivity contribution is 5.85. The average Bonchev–Trinajstić information content (AvgIpc) is 2.41. The fourth-order valence-electron chi connectivity index (χ4n) is 1.17. The van der Waals surface area contributed by atoms with Crippen LogP contribution < -0.4 is 5.32 Å². The van der Waals surface area contributed by atoms with Crippen molar-refractivity contribution in [3.8, 4) is 0 Å². The maximum absolute atomic E-state index is 5.31. The Morgan fingerprint density at radius 3 is 3.00 bits per heavy atom. The lowest BCUT2D eigenvalue weighted by Gasteiger charge is -2.06. The van der Waals surface area contributed by atoms with Crippen LogP contribution in [-0.4, -0.2) is 26.3 Å². The van der Waals surface area contributed by atoms with Gasteiger partial charge in [-0.25, -0.2) is 0 Å². The first-order valence-electron chi connectivity index (χ1n) is 3.83. The van der Waals surface area contributed by atoms with E-state index in [0.717, 1.165) is 25.6 Å². The summed E-state index contributed by atoms with van der Waals surface area (Å²) < 4.78 is 5.31. The van der Waals surface area contributed by atoms with Gasteiger partial charge in [0.2, 0.25) is 0 Å². The third-order valence-electron chi connectivity index (χ3n) is 1.75. The summed E-state index contributed by atoms with van der Waals surface area (Å²) in [4.78, 5) is 0. The van der Waals surface area contributed by atoms with Gasteiger partial charge >= 0.3 is 0 Å². The molecule has 0 saturated carbocycles. The summed E-state index contributed by atoms with van der Waals surface area (Å²) in [5.74, 6) is 0.736. The summed E-state index contributed by atoms with van der Waals surface area (Å²) in [5, 5.41) is 3.29. The highest BCUT2D eigenvalue weighted by Crippen LogP contribution is 2.06. The molecule has 1 N–H and O–H groups in total. The molecule has 1 aliphatic heterocycles. The Morgan fingerprint density at radius 2 is 2.45 bits per heavy atom. The molecule has 1 saturated heterocycles. The van der Waals surface area contributed by atoms with E-state index in [1.807, 2.05) is 0 Å². The number of rotatable bonds is 4. The quantitative estimate of drug-likeness (QED) is 0.515. The van der Waals surface area contributed by atoms with Crippen molar-refractivity contribution in [3.63, 3.8) is 0 Å². The molecule has 1 fully saturated rings. The Kier molecular flexibility index (Phi) is 6.62. The minimum absolute atomic E-state index is 0. The largest absolute Gasteiger partial charge is 0.377 e. The van der Waals surface area contributed by atoms with E-state index in [9.17, 15) is 0 Å². The number of hydrogen-bond acceptors (Lipinski definition) is 2. The predicted molar refractivity (Wildman–Crippen MR) is 49.2 cm³/mol. The van der Waals surface area contributed by atoms with Crippen LogP contribution in [0.3, 0.4) is 0 Å². The lowest BCUT2D eigenvalue weighted by Crippen LogP contribution is -2.13. The van der Waals surface area contributed by atoms with E-state index in [4.69, 9.17) is 4.74 Å². The topological polar surface area (TPSA) is 21.3 Å². The fourth-order valence-corrected chi connectivity index (χ4v) is 1.17. The summed E-state index contributed by atoms with van der Waals surface area (Å²) in [5.41, 5.74) is 0.